The number of phenols is 1. The molecule has 0 saturated carbocycles. The van der Waals surface area contributed by atoms with Gasteiger partial charge in [-0.1, -0.05) is 42.0 Å². The molecule has 2 aromatic rings. The third kappa shape index (κ3) is 2.48. The van der Waals surface area contributed by atoms with Crippen LogP contribution < -0.4 is 0 Å². The number of para-hydroxylation sites is 2. The second kappa shape index (κ2) is 4.62. The summed E-state index contributed by atoms with van der Waals surface area (Å²) in [6.45, 7) is 2.04. The fourth-order valence-electron chi connectivity index (χ4n) is 1.47. The summed E-state index contributed by atoms with van der Waals surface area (Å²) in [5, 5.41) is 9.53. The number of hydrogen-bond acceptors (Lipinski definition) is 2. The molecule has 2 heteroatoms. The predicted molar refractivity (Wildman–Crippen MR) is 66.5 cm³/mol. The SMILES string of the molecule is Cc1cccc(/C=N/c2ccccc2O)c1. The Hall–Kier alpha value is -2.09. The van der Waals surface area contributed by atoms with Gasteiger partial charge >= 0.3 is 0 Å². The summed E-state index contributed by atoms with van der Waals surface area (Å²) in [4.78, 5) is 4.24. The molecule has 0 aliphatic rings. The number of aliphatic imine (C=N–C) groups is 1. The van der Waals surface area contributed by atoms with E-state index in [-0.39, 0.29) is 5.75 Å². The van der Waals surface area contributed by atoms with Crippen molar-refractivity contribution in [1.29, 1.82) is 0 Å². The molecule has 80 valence electrons. The first-order valence-electron chi connectivity index (χ1n) is 5.14. The predicted octanol–water partition coefficient (Wildman–Crippen LogP) is 3.45. The number of aryl methyl sites for hydroxylation is 1. The minimum Gasteiger partial charge on any atom is -0.506 e. The van der Waals surface area contributed by atoms with E-state index in [1.54, 1.807) is 24.4 Å². The van der Waals surface area contributed by atoms with Crippen LogP contribution in [0.2, 0.25) is 0 Å². The van der Waals surface area contributed by atoms with E-state index < -0.39 is 0 Å². The Morgan fingerprint density at radius 1 is 1.06 bits per heavy atom. The van der Waals surface area contributed by atoms with E-state index in [1.165, 1.54) is 5.56 Å². The van der Waals surface area contributed by atoms with Gasteiger partial charge in [-0.25, -0.2) is 0 Å². The molecule has 2 aromatic carbocycles. The first-order valence-corrected chi connectivity index (χ1v) is 5.14. The highest BCUT2D eigenvalue weighted by atomic mass is 16.3. The molecule has 0 spiro atoms. The molecule has 0 unspecified atom stereocenters. The number of aromatic hydroxyl groups is 1. The minimum absolute atomic E-state index is 0.200. The van der Waals surface area contributed by atoms with Crippen molar-refractivity contribution in [2.45, 2.75) is 6.92 Å². The molecule has 16 heavy (non-hydrogen) atoms. The van der Waals surface area contributed by atoms with Crippen LogP contribution in [0, 0.1) is 6.92 Å². The van der Waals surface area contributed by atoms with Crippen molar-refractivity contribution < 1.29 is 5.11 Å². The van der Waals surface area contributed by atoms with Gasteiger partial charge < -0.3 is 5.11 Å². The van der Waals surface area contributed by atoms with Crippen LogP contribution in [0.5, 0.6) is 5.75 Å². The van der Waals surface area contributed by atoms with E-state index in [1.807, 2.05) is 37.3 Å². The average Bonchev–Trinajstić information content (AvgIpc) is 2.28. The maximum absolute atomic E-state index is 9.53. The summed E-state index contributed by atoms with van der Waals surface area (Å²) >= 11 is 0. The van der Waals surface area contributed by atoms with Crippen molar-refractivity contribution in [2.75, 3.05) is 0 Å². The molecule has 0 aromatic heterocycles. The summed E-state index contributed by atoms with van der Waals surface area (Å²) in [6, 6.07) is 15.1. The van der Waals surface area contributed by atoms with Gasteiger partial charge in [-0.3, -0.25) is 4.99 Å². The van der Waals surface area contributed by atoms with E-state index in [9.17, 15) is 5.11 Å². The van der Waals surface area contributed by atoms with Gasteiger partial charge in [-0.15, -0.1) is 0 Å². The molecule has 0 radical (unpaired) electrons. The van der Waals surface area contributed by atoms with E-state index >= 15 is 0 Å². The zero-order valence-electron chi connectivity index (χ0n) is 9.09. The summed E-state index contributed by atoms with van der Waals surface area (Å²) in [7, 11) is 0. The fraction of sp³-hybridized carbons (Fsp3) is 0.0714. The highest BCUT2D eigenvalue weighted by Gasteiger charge is 1.95. The van der Waals surface area contributed by atoms with Crippen molar-refractivity contribution in [3.05, 3.63) is 59.7 Å². The molecule has 2 rings (SSSR count). The fourth-order valence-corrected chi connectivity index (χ4v) is 1.47. The minimum atomic E-state index is 0.200. The van der Waals surface area contributed by atoms with Crippen molar-refractivity contribution in [3.8, 4) is 5.75 Å². The Morgan fingerprint density at radius 3 is 2.62 bits per heavy atom. The summed E-state index contributed by atoms with van der Waals surface area (Å²) < 4.78 is 0. The van der Waals surface area contributed by atoms with Crippen LogP contribution in [0.25, 0.3) is 0 Å². The van der Waals surface area contributed by atoms with E-state index in [2.05, 4.69) is 4.99 Å². The number of hydrogen-bond donors (Lipinski definition) is 1. The second-order valence-corrected chi connectivity index (χ2v) is 3.66. The van der Waals surface area contributed by atoms with Crippen molar-refractivity contribution in [1.82, 2.24) is 0 Å². The zero-order valence-corrected chi connectivity index (χ0v) is 9.09. The lowest BCUT2D eigenvalue weighted by molar-refractivity contribution is 0.477. The van der Waals surface area contributed by atoms with Gasteiger partial charge in [0.1, 0.15) is 11.4 Å². The van der Waals surface area contributed by atoms with Crippen LogP contribution in [0.1, 0.15) is 11.1 Å². The summed E-state index contributed by atoms with van der Waals surface area (Å²) in [5.41, 5.74) is 2.81. The van der Waals surface area contributed by atoms with Crippen molar-refractivity contribution in [3.63, 3.8) is 0 Å². The van der Waals surface area contributed by atoms with Crippen LogP contribution in [0.4, 0.5) is 5.69 Å². The number of rotatable bonds is 2. The van der Waals surface area contributed by atoms with Crippen LogP contribution in [-0.2, 0) is 0 Å². The molecule has 0 bridgehead atoms. The Kier molecular flexibility index (Phi) is 3.01. The van der Waals surface area contributed by atoms with Gasteiger partial charge in [0, 0.05) is 6.21 Å². The molecule has 0 fully saturated rings. The topological polar surface area (TPSA) is 32.6 Å². The lowest BCUT2D eigenvalue weighted by Crippen LogP contribution is -1.81. The largest absolute Gasteiger partial charge is 0.506 e. The van der Waals surface area contributed by atoms with Crippen LogP contribution >= 0.6 is 0 Å². The normalized spacial score (nSPS) is 10.8. The third-order valence-electron chi connectivity index (χ3n) is 2.28. The summed E-state index contributed by atoms with van der Waals surface area (Å²) in [5.74, 6) is 0.200. The van der Waals surface area contributed by atoms with Crippen LogP contribution in [0.3, 0.4) is 0 Å². The Morgan fingerprint density at radius 2 is 1.88 bits per heavy atom. The number of benzene rings is 2. The van der Waals surface area contributed by atoms with E-state index in [0.29, 0.717) is 5.69 Å². The van der Waals surface area contributed by atoms with E-state index in [0.717, 1.165) is 5.56 Å². The Bertz CT molecular complexity index is 518. The van der Waals surface area contributed by atoms with Gasteiger partial charge in [-0.05, 0) is 24.6 Å². The number of phenolic OH excluding ortho intramolecular Hbond substituents is 1. The molecule has 0 heterocycles. The Balaban J connectivity index is 2.25. The van der Waals surface area contributed by atoms with Gasteiger partial charge in [0.15, 0.2) is 0 Å². The first kappa shape index (κ1) is 10.4. The van der Waals surface area contributed by atoms with Gasteiger partial charge in [-0.2, -0.15) is 0 Å². The number of nitrogens with zero attached hydrogens (tertiary/aromatic N) is 1. The smallest absolute Gasteiger partial charge is 0.141 e. The quantitative estimate of drug-likeness (QED) is 0.758. The molecule has 0 aliphatic heterocycles. The standard InChI is InChI=1S/C14H13NO/c1-11-5-4-6-12(9-11)10-15-13-7-2-3-8-14(13)16/h2-10,16H,1H3/b15-10+. The van der Waals surface area contributed by atoms with Gasteiger partial charge in [0.05, 0.1) is 0 Å². The average molecular weight is 211 g/mol. The first-order chi connectivity index (χ1) is 7.75. The van der Waals surface area contributed by atoms with Gasteiger partial charge in [0.2, 0.25) is 0 Å². The molecule has 0 atom stereocenters. The molecule has 2 nitrogen and oxygen atoms in total. The van der Waals surface area contributed by atoms with E-state index in [4.69, 9.17) is 0 Å². The maximum Gasteiger partial charge on any atom is 0.141 e. The van der Waals surface area contributed by atoms with Crippen molar-refractivity contribution in [2.24, 2.45) is 4.99 Å². The molecular formula is C14H13NO. The lowest BCUT2D eigenvalue weighted by atomic mass is 10.1. The molecular weight excluding hydrogens is 198 g/mol. The Labute approximate surface area is 94.9 Å². The molecule has 0 aliphatic carbocycles. The molecule has 0 amide bonds. The maximum atomic E-state index is 9.53. The van der Waals surface area contributed by atoms with Crippen LogP contribution in [0.15, 0.2) is 53.5 Å². The monoisotopic (exact) mass is 211 g/mol. The van der Waals surface area contributed by atoms with Gasteiger partial charge in [0.25, 0.3) is 0 Å². The molecule has 1 N–H and O–H groups in total. The third-order valence-corrected chi connectivity index (χ3v) is 2.28. The zero-order chi connectivity index (χ0) is 11.4. The van der Waals surface area contributed by atoms with Crippen molar-refractivity contribution >= 4 is 11.9 Å². The summed E-state index contributed by atoms with van der Waals surface area (Å²) in [6.07, 6.45) is 1.75. The highest BCUT2D eigenvalue weighted by Crippen LogP contribution is 2.24. The highest BCUT2D eigenvalue weighted by molar-refractivity contribution is 5.82. The second-order valence-electron chi connectivity index (χ2n) is 3.66. The molecule has 0 saturated heterocycles. The lowest BCUT2D eigenvalue weighted by Gasteiger charge is -1.98. The van der Waals surface area contributed by atoms with Crippen LogP contribution in [-0.4, -0.2) is 11.3 Å².